The number of nitrogens with zero attached hydrogens (tertiary/aromatic N) is 3. The molecule has 2 aromatic rings. The number of nitrogens with one attached hydrogen (secondary N) is 1. The fraction of sp³-hybridized carbons (Fsp3) is 0.167. The van der Waals surface area contributed by atoms with E-state index in [4.69, 9.17) is 4.84 Å². The molecule has 0 saturated carbocycles. The van der Waals surface area contributed by atoms with E-state index < -0.39 is 11.4 Å². The molecule has 1 heterocycles. The summed E-state index contributed by atoms with van der Waals surface area (Å²) in [6, 6.07) is 18.0. The number of carbonyl (C=O) groups is 1. The van der Waals surface area contributed by atoms with Crippen LogP contribution in [0.1, 0.15) is 12.5 Å². The van der Waals surface area contributed by atoms with Crippen molar-refractivity contribution in [2.24, 2.45) is 10.3 Å². The van der Waals surface area contributed by atoms with Crippen LogP contribution in [0, 0.1) is 0 Å². The van der Waals surface area contributed by atoms with E-state index in [1.54, 1.807) is 43.3 Å². The summed E-state index contributed by atoms with van der Waals surface area (Å²) in [6.07, 6.45) is 0. The second-order valence-corrected chi connectivity index (χ2v) is 5.49. The SMILES string of the molecule is CO/N=C(\c1ccccc1)C1(NO)C(=O)N(c2ccccc2)N=C1C. The molecule has 25 heavy (non-hydrogen) atoms. The van der Waals surface area contributed by atoms with Crippen molar-refractivity contribution in [1.29, 1.82) is 0 Å². The summed E-state index contributed by atoms with van der Waals surface area (Å²) in [5.74, 6) is -0.474. The number of hydrazone groups is 1. The maximum Gasteiger partial charge on any atom is 0.282 e. The summed E-state index contributed by atoms with van der Waals surface area (Å²) in [7, 11) is 1.38. The monoisotopic (exact) mass is 338 g/mol. The minimum atomic E-state index is -1.63. The smallest absolute Gasteiger partial charge is 0.282 e. The van der Waals surface area contributed by atoms with Gasteiger partial charge < -0.3 is 10.0 Å². The van der Waals surface area contributed by atoms with Crippen molar-refractivity contribution in [3.05, 3.63) is 66.2 Å². The average molecular weight is 338 g/mol. The summed E-state index contributed by atoms with van der Waals surface area (Å²) in [5, 5.41) is 19.6. The number of para-hydroxylation sites is 1. The fourth-order valence-electron chi connectivity index (χ4n) is 2.81. The Labute approximate surface area is 145 Å². The van der Waals surface area contributed by atoms with Gasteiger partial charge in [0.25, 0.3) is 5.91 Å². The third-order valence-electron chi connectivity index (χ3n) is 4.06. The third kappa shape index (κ3) is 2.69. The highest BCUT2D eigenvalue weighted by Gasteiger charge is 2.54. The number of anilines is 1. The summed E-state index contributed by atoms with van der Waals surface area (Å²) in [5.41, 5.74) is 2.29. The van der Waals surface area contributed by atoms with Crippen molar-refractivity contribution in [3.63, 3.8) is 0 Å². The molecule has 2 N–H and O–H groups in total. The van der Waals surface area contributed by atoms with Gasteiger partial charge in [-0.2, -0.15) is 15.6 Å². The van der Waals surface area contributed by atoms with Gasteiger partial charge in [0.1, 0.15) is 12.8 Å². The fourth-order valence-corrected chi connectivity index (χ4v) is 2.81. The van der Waals surface area contributed by atoms with E-state index in [1.165, 1.54) is 12.1 Å². The Kier molecular flexibility index (Phi) is 4.60. The van der Waals surface area contributed by atoms with Crippen molar-refractivity contribution in [2.75, 3.05) is 12.1 Å². The third-order valence-corrected chi connectivity index (χ3v) is 4.06. The van der Waals surface area contributed by atoms with Gasteiger partial charge in [-0.15, -0.1) is 0 Å². The van der Waals surface area contributed by atoms with E-state index in [9.17, 15) is 10.0 Å². The highest BCUT2D eigenvalue weighted by molar-refractivity contribution is 6.40. The molecule has 1 atom stereocenters. The Bertz CT molecular complexity index is 821. The van der Waals surface area contributed by atoms with E-state index in [0.717, 1.165) is 0 Å². The lowest BCUT2D eigenvalue weighted by atomic mass is 9.85. The lowest BCUT2D eigenvalue weighted by Crippen LogP contribution is -2.62. The summed E-state index contributed by atoms with van der Waals surface area (Å²) >= 11 is 0. The molecule has 0 radical (unpaired) electrons. The van der Waals surface area contributed by atoms with Gasteiger partial charge in [0.2, 0.25) is 5.54 Å². The zero-order valence-corrected chi connectivity index (χ0v) is 13.9. The molecular formula is C18H18N4O3. The van der Waals surface area contributed by atoms with Crippen LogP contribution in [-0.2, 0) is 9.63 Å². The van der Waals surface area contributed by atoms with Crippen molar-refractivity contribution in [1.82, 2.24) is 5.48 Å². The molecule has 7 nitrogen and oxygen atoms in total. The van der Waals surface area contributed by atoms with Gasteiger partial charge >= 0.3 is 0 Å². The normalized spacial score (nSPS) is 20.6. The number of oxime groups is 1. The second-order valence-electron chi connectivity index (χ2n) is 5.49. The molecule has 1 aliphatic heterocycles. The molecule has 1 unspecified atom stereocenters. The van der Waals surface area contributed by atoms with E-state index in [-0.39, 0.29) is 5.71 Å². The Hall–Kier alpha value is -3.03. The van der Waals surface area contributed by atoms with Gasteiger partial charge in [-0.1, -0.05) is 53.7 Å². The van der Waals surface area contributed by atoms with Gasteiger partial charge in [0.05, 0.1) is 11.4 Å². The molecule has 128 valence electrons. The Morgan fingerprint density at radius 3 is 2.32 bits per heavy atom. The minimum Gasteiger partial charge on any atom is -0.399 e. The number of amides is 1. The van der Waals surface area contributed by atoms with Crippen LogP contribution in [0.25, 0.3) is 0 Å². The number of hydrogen-bond donors (Lipinski definition) is 2. The van der Waals surface area contributed by atoms with Crippen molar-refractivity contribution >= 4 is 23.0 Å². The average Bonchev–Trinajstić information content (AvgIpc) is 2.92. The molecule has 0 saturated heterocycles. The number of hydrogen-bond acceptors (Lipinski definition) is 6. The second kappa shape index (κ2) is 6.84. The summed E-state index contributed by atoms with van der Waals surface area (Å²) in [4.78, 5) is 18.2. The molecule has 1 amide bonds. The lowest BCUT2D eigenvalue weighted by Gasteiger charge is -2.27. The highest BCUT2D eigenvalue weighted by atomic mass is 16.6. The van der Waals surface area contributed by atoms with Crippen LogP contribution in [0.3, 0.4) is 0 Å². The van der Waals surface area contributed by atoms with Crippen molar-refractivity contribution in [2.45, 2.75) is 12.5 Å². The van der Waals surface area contributed by atoms with E-state index >= 15 is 0 Å². The van der Waals surface area contributed by atoms with Crippen LogP contribution in [-0.4, -0.2) is 35.2 Å². The minimum absolute atomic E-state index is 0.225. The standard InChI is InChI=1S/C18H18N4O3/c1-13-18(21-24,16(20-25-2)14-9-5-3-6-10-14)17(23)22(19-13)15-11-7-4-8-12-15/h3-12,21,24H,1-2H3/b20-16+. The first-order valence-electron chi connectivity index (χ1n) is 7.68. The predicted molar refractivity (Wildman–Crippen MR) is 94.7 cm³/mol. The lowest BCUT2D eigenvalue weighted by molar-refractivity contribution is -0.122. The topological polar surface area (TPSA) is 86.5 Å². The van der Waals surface area contributed by atoms with E-state index in [2.05, 4.69) is 15.7 Å². The molecule has 1 aliphatic rings. The molecular weight excluding hydrogens is 320 g/mol. The van der Waals surface area contributed by atoms with Crippen LogP contribution in [0.5, 0.6) is 0 Å². The van der Waals surface area contributed by atoms with Crippen molar-refractivity contribution in [3.8, 4) is 0 Å². The Morgan fingerprint density at radius 2 is 1.76 bits per heavy atom. The molecule has 0 fully saturated rings. The molecule has 7 heteroatoms. The number of carbonyl (C=O) groups excluding carboxylic acids is 1. The van der Waals surface area contributed by atoms with Gasteiger partial charge in [-0.05, 0) is 19.1 Å². The summed E-state index contributed by atoms with van der Waals surface area (Å²) < 4.78 is 0. The molecule has 3 rings (SSSR count). The number of rotatable bonds is 5. The quantitative estimate of drug-likeness (QED) is 0.646. The van der Waals surface area contributed by atoms with Gasteiger partial charge in [-0.3, -0.25) is 4.79 Å². The Morgan fingerprint density at radius 1 is 1.16 bits per heavy atom. The van der Waals surface area contributed by atoms with Gasteiger partial charge in [0.15, 0.2) is 0 Å². The van der Waals surface area contributed by atoms with E-state index in [1.807, 2.05) is 24.3 Å². The zero-order valence-electron chi connectivity index (χ0n) is 13.9. The first-order valence-corrected chi connectivity index (χ1v) is 7.68. The van der Waals surface area contributed by atoms with Crippen LogP contribution < -0.4 is 10.5 Å². The van der Waals surface area contributed by atoms with Crippen LogP contribution in [0.15, 0.2) is 70.9 Å². The highest BCUT2D eigenvalue weighted by Crippen LogP contribution is 2.29. The number of hydroxylamine groups is 1. The van der Waals surface area contributed by atoms with Gasteiger partial charge in [0, 0.05) is 5.56 Å². The molecule has 0 spiro atoms. The van der Waals surface area contributed by atoms with Crippen molar-refractivity contribution < 1.29 is 14.8 Å². The predicted octanol–water partition coefficient (Wildman–Crippen LogP) is 2.18. The van der Waals surface area contributed by atoms with Crippen LogP contribution in [0.2, 0.25) is 0 Å². The van der Waals surface area contributed by atoms with Gasteiger partial charge in [-0.25, -0.2) is 0 Å². The number of benzene rings is 2. The first kappa shape index (κ1) is 16.8. The van der Waals surface area contributed by atoms with Crippen LogP contribution >= 0.6 is 0 Å². The first-order chi connectivity index (χ1) is 12.1. The van der Waals surface area contributed by atoms with Crippen LogP contribution in [0.4, 0.5) is 5.69 Å². The molecule has 0 aromatic heterocycles. The maximum absolute atomic E-state index is 13.2. The zero-order chi connectivity index (χ0) is 17.9. The molecule has 0 bridgehead atoms. The molecule has 0 aliphatic carbocycles. The largest absolute Gasteiger partial charge is 0.399 e. The maximum atomic E-state index is 13.2. The Balaban J connectivity index is 2.13. The van der Waals surface area contributed by atoms with E-state index in [0.29, 0.717) is 17.0 Å². The summed E-state index contributed by atoms with van der Waals surface area (Å²) in [6.45, 7) is 1.65. The molecule has 2 aromatic carbocycles.